The molecule has 2 N–H and O–H groups in total. The fourth-order valence-electron chi connectivity index (χ4n) is 3.94. The maximum absolute atomic E-state index is 12.9. The summed E-state index contributed by atoms with van der Waals surface area (Å²) < 4.78 is 12.1. The second-order valence-corrected chi connectivity index (χ2v) is 10.2. The summed E-state index contributed by atoms with van der Waals surface area (Å²) in [6.07, 6.45) is 0. The van der Waals surface area contributed by atoms with E-state index in [0.29, 0.717) is 37.3 Å². The molecule has 0 spiro atoms. The van der Waals surface area contributed by atoms with Crippen LogP contribution in [0.15, 0.2) is 66.1 Å². The first kappa shape index (κ1) is 23.8. The van der Waals surface area contributed by atoms with E-state index in [-0.39, 0.29) is 27.1 Å². The van der Waals surface area contributed by atoms with Gasteiger partial charge in [-0.05, 0) is 30.3 Å². The number of fused-ring (bicyclic) bond motifs is 2. The number of thiophene rings is 1. The van der Waals surface area contributed by atoms with Gasteiger partial charge in [0.25, 0.3) is 0 Å². The number of hydrogen-bond donors (Lipinski definition) is 1. The molecule has 10 heteroatoms. The number of ether oxygens (including phenoxy) is 2. The third kappa shape index (κ3) is 4.10. The van der Waals surface area contributed by atoms with Crippen molar-refractivity contribution in [2.24, 2.45) is 5.73 Å². The SMILES string of the molecule is N#CC1=C(N)Oc2cc(OC(=O)c3sc4cccc(Cl)c4c3Cl)ccc2C1c1c(Cl)cccc1Cl. The number of carbonyl (C=O) groups is 1. The lowest BCUT2D eigenvalue weighted by atomic mass is 9.83. The molecule has 0 radical (unpaired) electrons. The van der Waals surface area contributed by atoms with Crippen molar-refractivity contribution in [2.45, 2.75) is 5.92 Å². The van der Waals surface area contributed by atoms with Crippen LogP contribution in [0.4, 0.5) is 0 Å². The number of allylic oxidation sites excluding steroid dienone is 1. The number of hydrogen-bond acceptors (Lipinski definition) is 6. The molecule has 5 nitrogen and oxygen atoms in total. The van der Waals surface area contributed by atoms with Gasteiger partial charge in [0.1, 0.15) is 28.0 Å². The Morgan fingerprint density at radius 1 is 1.03 bits per heavy atom. The third-order valence-corrected chi connectivity index (χ3v) is 8.08. The standard InChI is InChI=1S/C25H12Cl4N2O3S/c26-14-3-1-4-15(27)20(14)19-12-8-7-11(9-17(12)34-24(31)13(19)10-30)33-25(32)23-22(29)21-16(28)5-2-6-18(21)35-23/h1-9,19H,31H2. The van der Waals surface area contributed by atoms with Gasteiger partial charge in [0, 0.05) is 37.3 Å². The Morgan fingerprint density at radius 2 is 1.71 bits per heavy atom. The molecule has 1 aromatic heterocycles. The van der Waals surface area contributed by atoms with Crippen LogP contribution < -0.4 is 15.2 Å². The molecule has 0 amide bonds. The molecular formula is C25H12Cl4N2O3S. The number of nitrogens with two attached hydrogens (primary N) is 1. The molecule has 4 aromatic rings. The van der Waals surface area contributed by atoms with Gasteiger partial charge in [0.2, 0.25) is 5.88 Å². The maximum atomic E-state index is 12.9. The number of halogens is 4. The number of benzene rings is 3. The summed E-state index contributed by atoms with van der Waals surface area (Å²) in [6.45, 7) is 0. The van der Waals surface area contributed by atoms with Crippen molar-refractivity contribution in [3.8, 4) is 17.6 Å². The van der Waals surface area contributed by atoms with Crippen LogP contribution in [-0.2, 0) is 0 Å². The number of rotatable bonds is 3. The van der Waals surface area contributed by atoms with Gasteiger partial charge in [-0.15, -0.1) is 11.3 Å². The van der Waals surface area contributed by atoms with Crippen LogP contribution in [0, 0.1) is 11.3 Å². The van der Waals surface area contributed by atoms with E-state index in [1.54, 1.807) is 42.5 Å². The van der Waals surface area contributed by atoms with Gasteiger partial charge in [0.05, 0.1) is 16.0 Å². The fraction of sp³-hybridized carbons (Fsp3) is 0.0400. The Labute approximate surface area is 223 Å². The van der Waals surface area contributed by atoms with Crippen LogP contribution in [0.25, 0.3) is 10.1 Å². The Bertz CT molecular complexity index is 1590. The fourth-order valence-corrected chi connectivity index (χ4v) is 6.38. The van der Waals surface area contributed by atoms with Gasteiger partial charge in [-0.2, -0.15) is 5.26 Å². The van der Waals surface area contributed by atoms with Crippen molar-refractivity contribution in [1.82, 2.24) is 0 Å². The van der Waals surface area contributed by atoms with Crippen molar-refractivity contribution in [3.63, 3.8) is 0 Å². The van der Waals surface area contributed by atoms with E-state index in [2.05, 4.69) is 6.07 Å². The predicted molar refractivity (Wildman–Crippen MR) is 139 cm³/mol. The van der Waals surface area contributed by atoms with Crippen molar-refractivity contribution in [2.75, 3.05) is 0 Å². The van der Waals surface area contributed by atoms with E-state index in [1.165, 1.54) is 17.4 Å². The molecule has 0 bridgehead atoms. The summed E-state index contributed by atoms with van der Waals surface area (Å²) in [5.41, 5.74) is 7.36. The van der Waals surface area contributed by atoms with Crippen molar-refractivity contribution < 1.29 is 14.3 Å². The van der Waals surface area contributed by atoms with E-state index in [9.17, 15) is 10.1 Å². The Kier molecular flexibility index (Phi) is 6.30. The highest BCUT2D eigenvalue weighted by molar-refractivity contribution is 7.21. The van der Waals surface area contributed by atoms with E-state index in [1.807, 2.05) is 6.07 Å². The largest absolute Gasteiger partial charge is 0.440 e. The minimum Gasteiger partial charge on any atom is -0.440 e. The van der Waals surface area contributed by atoms with Crippen LogP contribution in [-0.4, -0.2) is 5.97 Å². The molecule has 1 aliphatic heterocycles. The molecule has 0 fully saturated rings. The van der Waals surface area contributed by atoms with Gasteiger partial charge in [-0.1, -0.05) is 64.6 Å². The summed E-state index contributed by atoms with van der Waals surface area (Å²) in [6, 6.07) is 17.2. The molecule has 5 rings (SSSR count). The first-order valence-electron chi connectivity index (χ1n) is 10.0. The van der Waals surface area contributed by atoms with Gasteiger partial charge < -0.3 is 15.2 Å². The summed E-state index contributed by atoms with van der Waals surface area (Å²) >= 11 is 26.7. The Balaban J connectivity index is 1.53. The molecule has 174 valence electrons. The van der Waals surface area contributed by atoms with Gasteiger partial charge in [-0.25, -0.2) is 4.79 Å². The third-order valence-electron chi connectivity index (χ3n) is 5.48. The van der Waals surface area contributed by atoms with Crippen LogP contribution in [0.3, 0.4) is 0 Å². The van der Waals surface area contributed by atoms with Crippen LogP contribution in [0.2, 0.25) is 20.1 Å². The lowest BCUT2D eigenvalue weighted by Gasteiger charge is -2.27. The molecule has 0 aliphatic carbocycles. The highest BCUT2D eigenvalue weighted by atomic mass is 35.5. The Morgan fingerprint density at radius 3 is 2.40 bits per heavy atom. The first-order valence-corrected chi connectivity index (χ1v) is 12.4. The second-order valence-electron chi connectivity index (χ2n) is 7.51. The minimum absolute atomic E-state index is 0.0911. The summed E-state index contributed by atoms with van der Waals surface area (Å²) in [7, 11) is 0. The Hall–Kier alpha value is -2.92. The topological polar surface area (TPSA) is 85.3 Å². The van der Waals surface area contributed by atoms with E-state index in [4.69, 9.17) is 61.6 Å². The normalized spacial score (nSPS) is 14.9. The lowest BCUT2D eigenvalue weighted by Crippen LogP contribution is -2.21. The van der Waals surface area contributed by atoms with Crippen molar-refractivity contribution in [3.05, 3.63) is 102 Å². The van der Waals surface area contributed by atoms with Crippen molar-refractivity contribution in [1.29, 1.82) is 5.26 Å². The zero-order chi connectivity index (χ0) is 24.9. The highest BCUT2D eigenvalue weighted by Crippen LogP contribution is 2.47. The number of nitriles is 1. The molecule has 0 saturated carbocycles. The zero-order valence-corrected chi connectivity index (χ0v) is 21.3. The summed E-state index contributed by atoms with van der Waals surface area (Å²) in [5, 5.41) is 11.8. The average molecular weight is 562 g/mol. The molecule has 0 saturated heterocycles. The zero-order valence-electron chi connectivity index (χ0n) is 17.4. The predicted octanol–water partition coefficient (Wildman–Crippen LogP) is 7.95. The number of carbonyl (C=O) groups excluding carboxylic acids is 1. The minimum atomic E-state index is -0.658. The van der Waals surface area contributed by atoms with Crippen molar-refractivity contribution >= 4 is 73.8 Å². The van der Waals surface area contributed by atoms with Gasteiger partial charge in [-0.3, -0.25) is 0 Å². The molecular weight excluding hydrogens is 550 g/mol. The van der Waals surface area contributed by atoms with Crippen LogP contribution in [0.5, 0.6) is 11.5 Å². The quantitative estimate of drug-likeness (QED) is 0.202. The summed E-state index contributed by atoms with van der Waals surface area (Å²) in [5.74, 6) is -0.889. The van der Waals surface area contributed by atoms with Gasteiger partial charge in [0.15, 0.2) is 0 Å². The lowest BCUT2D eigenvalue weighted by molar-refractivity contribution is 0.0740. The molecule has 35 heavy (non-hydrogen) atoms. The molecule has 1 unspecified atom stereocenters. The smallest absolute Gasteiger partial charge is 0.355 e. The maximum Gasteiger partial charge on any atom is 0.355 e. The average Bonchev–Trinajstić information content (AvgIpc) is 3.16. The van der Waals surface area contributed by atoms with E-state index in [0.717, 1.165) is 4.70 Å². The molecule has 1 aliphatic rings. The second kappa shape index (κ2) is 9.27. The monoisotopic (exact) mass is 560 g/mol. The highest BCUT2D eigenvalue weighted by Gasteiger charge is 2.34. The molecule has 2 heterocycles. The molecule has 3 aromatic carbocycles. The number of esters is 1. The summed E-state index contributed by atoms with van der Waals surface area (Å²) in [4.78, 5) is 13.2. The van der Waals surface area contributed by atoms with E-state index < -0.39 is 11.9 Å². The number of nitrogens with zero attached hydrogens (tertiary/aromatic N) is 1. The van der Waals surface area contributed by atoms with Crippen LogP contribution >= 0.6 is 57.7 Å². The first-order chi connectivity index (χ1) is 16.8. The van der Waals surface area contributed by atoms with E-state index >= 15 is 0 Å². The van der Waals surface area contributed by atoms with Crippen LogP contribution in [0.1, 0.15) is 26.7 Å². The molecule has 1 atom stereocenters. The van der Waals surface area contributed by atoms with Gasteiger partial charge >= 0.3 is 5.97 Å².